The Morgan fingerprint density at radius 2 is 1.64 bits per heavy atom. The van der Waals surface area contributed by atoms with Crippen molar-refractivity contribution < 1.29 is 27.6 Å². The van der Waals surface area contributed by atoms with Gasteiger partial charge in [0, 0.05) is 21.0 Å². The van der Waals surface area contributed by atoms with E-state index >= 15 is 0 Å². The van der Waals surface area contributed by atoms with Crippen LogP contribution in [0.5, 0.6) is 0 Å². The molecule has 0 spiro atoms. The van der Waals surface area contributed by atoms with Crippen molar-refractivity contribution in [2.75, 3.05) is 10.2 Å². The van der Waals surface area contributed by atoms with Gasteiger partial charge in [-0.25, -0.2) is 4.90 Å². The molecule has 3 amide bonds. The van der Waals surface area contributed by atoms with Crippen LogP contribution in [0.4, 0.5) is 24.5 Å². The Balaban J connectivity index is 1.37. The molecule has 7 nitrogen and oxygen atoms in total. The Kier molecular flexibility index (Phi) is 7.36. The zero-order chi connectivity index (χ0) is 29.8. The topological polar surface area (TPSA) is 88.5 Å². The number of para-hydroxylation sites is 1. The molecule has 0 aliphatic carbocycles. The number of carbonyl (C=O) groups is 3. The summed E-state index contributed by atoms with van der Waals surface area (Å²) in [5.41, 5.74) is 0.185. The molecule has 1 aromatic heterocycles. The minimum Gasteiger partial charge on any atom is -0.325 e. The molecule has 3 heterocycles. The van der Waals surface area contributed by atoms with Gasteiger partial charge < -0.3 is 5.32 Å². The van der Waals surface area contributed by atoms with E-state index in [9.17, 15) is 32.3 Å². The third-order valence-corrected chi connectivity index (χ3v) is 10.2. The van der Waals surface area contributed by atoms with E-state index in [0.717, 1.165) is 45.3 Å². The highest BCUT2D eigenvalue weighted by Gasteiger charge is 2.56. The second-order valence-corrected chi connectivity index (χ2v) is 12.7. The first-order chi connectivity index (χ1) is 20.0. The molecule has 1 saturated heterocycles. The van der Waals surface area contributed by atoms with Crippen molar-refractivity contribution >= 4 is 68.1 Å². The average molecular weight is 675 g/mol. The van der Waals surface area contributed by atoms with Crippen molar-refractivity contribution in [3.8, 4) is 0 Å². The molecule has 3 atom stereocenters. The van der Waals surface area contributed by atoms with E-state index in [2.05, 4.69) is 21.2 Å². The number of thioether (sulfide) groups is 1. The predicted octanol–water partition coefficient (Wildman–Crippen LogP) is 6.13. The van der Waals surface area contributed by atoms with Gasteiger partial charge in [0.05, 0.1) is 22.2 Å². The van der Waals surface area contributed by atoms with Crippen LogP contribution in [0.3, 0.4) is 0 Å². The lowest BCUT2D eigenvalue weighted by molar-refractivity contribution is -0.137. The van der Waals surface area contributed by atoms with Gasteiger partial charge in [0.2, 0.25) is 17.7 Å². The maximum absolute atomic E-state index is 13.8. The smallest absolute Gasteiger partial charge is 0.325 e. The van der Waals surface area contributed by atoms with Gasteiger partial charge in [-0.2, -0.15) is 13.2 Å². The van der Waals surface area contributed by atoms with Crippen molar-refractivity contribution in [2.45, 2.75) is 28.9 Å². The van der Waals surface area contributed by atoms with E-state index in [1.807, 2.05) is 24.3 Å². The van der Waals surface area contributed by atoms with Crippen molar-refractivity contribution in [3.05, 3.63) is 109 Å². The highest BCUT2D eigenvalue weighted by Crippen LogP contribution is 2.54. The Morgan fingerprint density at radius 3 is 2.33 bits per heavy atom. The Morgan fingerprint density at radius 1 is 0.929 bits per heavy atom. The van der Waals surface area contributed by atoms with Crippen molar-refractivity contribution in [1.82, 2.24) is 4.57 Å². The standard InChI is InChI=1S/C29H19BrF3N3O4S2/c30-17-11-9-15(10-12-17)21-22-23(26(39)36(25(22)38)19-7-2-1-3-8-19)41-27-24(21)42-28(40)35(27)14-20(37)34-18-6-4-5-16(13-18)29(31,32)33/h1-13,21-23H,14H2,(H,34,37)/t21-,22-,23+/m0/s1. The number of nitrogens with zero attached hydrogens (tertiary/aromatic N) is 2. The van der Waals surface area contributed by atoms with Crippen LogP contribution in [0, 0.1) is 5.92 Å². The molecular formula is C29H19BrF3N3O4S2. The van der Waals surface area contributed by atoms with Gasteiger partial charge in [-0.1, -0.05) is 75.4 Å². The number of anilines is 2. The fourth-order valence-corrected chi connectivity index (χ4v) is 8.27. The van der Waals surface area contributed by atoms with Crippen LogP contribution in [0.15, 0.2) is 93.2 Å². The Hall–Kier alpha value is -3.68. The van der Waals surface area contributed by atoms with E-state index in [1.165, 1.54) is 21.6 Å². The first kappa shape index (κ1) is 28.4. The lowest BCUT2D eigenvalue weighted by Gasteiger charge is -2.30. The molecule has 1 N–H and O–H groups in total. The predicted molar refractivity (Wildman–Crippen MR) is 157 cm³/mol. The lowest BCUT2D eigenvalue weighted by atomic mass is 9.83. The maximum atomic E-state index is 13.8. The maximum Gasteiger partial charge on any atom is 0.416 e. The van der Waals surface area contributed by atoms with Gasteiger partial charge >= 0.3 is 11.0 Å². The molecule has 2 aliphatic rings. The fraction of sp³-hybridized carbons (Fsp3) is 0.172. The second kappa shape index (κ2) is 10.9. The summed E-state index contributed by atoms with van der Waals surface area (Å²) in [5.74, 6) is -2.93. The van der Waals surface area contributed by atoms with Crippen LogP contribution in [0.2, 0.25) is 0 Å². The van der Waals surface area contributed by atoms with Gasteiger partial charge in [0.25, 0.3) is 0 Å². The number of alkyl halides is 3. The molecule has 1 fully saturated rings. The summed E-state index contributed by atoms with van der Waals surface area (Å²) in [6.07, 6.45) is -4.59. The molecule has 4 aromatic rings. The number of rotatable bonds is 5. The normalized spacial score (nSPS) is 19.9. The van der Waals surface area contributed by atoms with E-state index in [0.29, 0.717) is 15.6 Å². The van der Waals surface area contributed by atoms with Crippen molar-refractivity contribution in [3.63, 3.8) is 0 Å². The number of hydrogen-bond acceptors (Lipinski definition) is 6. The van der Waals surface area contributed by atoms with Crippen LogP contribution >= 0.6 is 39.0 Å². The number of benzene rings is 3. The van der Waals surface area contributed by atoms with Crippen LogP contribution in [0.1, 0.15) is 21.9 Å². The molecule has 6 rings (SSSR count). The molecule has 0 saturated carbocycles. The van der Waals surface area contributed by atoms with Gasteiger partial charge in [0.1, 0.15) is 11.8 Å². The zero-order valence-electron chi connectivity index (χ0n) is 21.3. The molecule has 3 aromatic carbocycles. The minimum absolute atomic E-state index is 0.0671. The average Bonchev–Trinajstić information content (AvgIpc) is 3.40. The number of halogens is 4. The highest BCUT2D eigenvalue weighted by molar-refractivity contribution is 9.10. The Bertz CT molecular complexity index is 1770. The van der Waals surface area contributed by atoms with Crippen LogP contribution in [0.25, 0.3) is 0 Å². The quantitative estimate of drug-likeness (QED) is 0.258. The van der Waals surface area contributed by atoms with E-state index in [4.69, 9.17) is 0 Å². The molecular weight excluding hydrogens is 655 g/mol. The van der Waals surface area contributed by atoms with Crippen molar-refractivity contribution in [2.24, 2.45) is 5.92 Å². The van der Waals surface area contributed by atoms with Gasteiger partial charge in [-0.15, -0.1) is 0 Å². The minimum atomic E-state index is -4.59. The lowest BCUT2D eigenvalue weighted by Crippen LogP contribution is -2.33. The number of fused-ring (bicyclic) bond motifs is 2. The van der Waals surface area contributed by atoms with E-state index < -0.39 is 52.1 Å². The summed E-state index contributed by atoms with van der Waals surface area (Å²) >= 11 is 5.37. The number of aromatic nitrogens is 1. The monoisotopic (exact) mass is 673 g/mol. The van der Waals surface area contributed by atoms with E-state index in [-0.39, 0.29) is 11.6 Å². The summed E-state index contributed by atoms with van der Waals surface area (Å²) in [5, 5.41) is 1.96. The third-order valence-electron chi connectivity index (χ3n) is 7.07. The van der Waals surface area contributed by atoms with Gasteiger partial charge in [-0.3, -0.25) is 23.7 Å². The number of carbonyl (C=O) groups excluding carboxylic acids is 3. The first-order valence-corrected chi connectivity index (χ1v) is 15.1. The third kappa shape index (κ3) is 5.09. The molecule has 0 radical (unpaired) electrons. The zero-order valence-corrected chi connectivity index (χ0v) is 24.5. The molecule has 0 unspecified atom stereocenters. The summed E-state index contributed by atoms with van der Waals surface area (Å²) < 4.78 is 41.4. The van der Waals surface area contributed by atoms with Crippen LogP contribution < -0.4 is 15.1 Å². The van der Waals surface area contributed by atoms with E-state index in [1.54, 1.807) is 30.3 Å². The number of amides is 3. The van der Waals surface area contributed by atoms with Crippen LogP contribution in [-0.4, -0.2) is 27.5 Å². The molecule has 0 bridgehead atoms. The van der Waals surface area contributed by atoms with Crippen LogP contribution in [-0.2, 0) is 27.1 Å². The summed E-state index contributed by atoms with van der Waals surface area (Å²) in [6.45, 7) is -0.483. The second-order valence-electron chi connectivity index (χ2n) is 9.69. The summed E-state index contributed by atoms with van der Waals surface area (Å²) in [7, 11) is 0. The summed E-state index contributed by atoms with van der Waals surface area (Å²) in [4.78, 5) is 55.0. The summed E-state index contributed by atoms with van der Waals surface area (Å²) in [6, 6.07) is 20.1. The van der Waals surface area contributed by atoms with Crippen molar-refractivity contribution in [1.29, 1.82) is 0 Å². The molecule has 214 valence electrons. The highest BCUT2D eigenvalue weighted by atomic mass is 79.9. The Labute approximate surface area is 253 Å². The number of thiazole rings is 1. The van der Waals surface area contributed by atoms with Gasteiger partial charge in [0.15, 0.2) is 0 Å². The fourth-order valence-electron chi connectivity index (χ4n) is 5.23. The molecule has 42 heavy (non-hydrogen) atoms. The van der Waals surface area contributed by atoms with Gasteiger partial charge in [-0.05, 0) is 48.0 Å². The number of hydrogen-bond donors (Lipinski definition) is 1. The largest absolute Gasteiger partial charge is 0.416 e. The number of nitrogens with one attached hydrogen (secondary N) is 1. The first-order valence-electron chi connectivity index (χ1n) is 12.6. The number of imide groups is 1. The SMILES string of the molecule is O=C(Cn1c2c(sc1=O)[C@@H](c1ccc(Br)cc1)[C@@H]1C(=O)N(c3ccccc3)C(=O)[C@@H]1S2)Nc1cccc(C(F)(F)F)c1. The molecule has 2 aliphatic heterocycles. The molecule has 13 heteroatoms.